The van der Waals surface area contributed by atoms with Crippen molar-refractivity contribution in [3.8, 4) is 44.9 Å². The molecule has 0 atom stereocenters. The Morgan fingerprint density at radius 1 is 0.763 bits per heavy atom. The standard InChI is InChI=1S/C35H34O3/c1-7-37-35(36)32-31(29-19-24(6)28-20-27(21(2)3)18-15-23(5)30(28)29)33(26-16-13-22(4)14-17-26)38-34(32)25-11-9-8-10-12-25/h8-21H,7H2,1-6H3. The van der Waals surface area contributed by atoms with Gasteiger partial charge in [0.25, 0.3) is 0 Å². The zero-order valence-electron chi connectivity index (χ0n) is 23.0. The Hall–Kier alpha value is -4.11. The zero-order valence-corrected chi connectivity index (χ0v) is 23.0. The summed E-state index contributed by atoms with van der Waals surface area (Å²) in [6.07, 6.45) is 0. The monoisotopic (exact) mass is 502 g/mol. The summed E-state index contributed by atoms with van der Waals surface area (Å²) < 4.78 is 12.3. The second-order valence-corrected chi connectivity index (χ2v) is 10.3. The van der Waals surface area contributed by atoms with E-state index in [1.807, 2.05) is 37.3 Å². The average molecular weight is 503 g/mol. The lowest BCUT2D eigenvalue weighted by Crippen LogP contribution is -2.06. The van der Waals surface area contributed by atoms with Crippen molar-refractivity contribution >= 4 is 5.97 Å². The SMILES string of the molecule is CCOC(=O)c1c(-c2ccccc2)oc(-c2ccc(C)cc2)c1-c1cc(C)c2cc(C(C)C)ccc(C)c1-2. The minimum Gasteiger partial charge on any atom is -0.462 e. The molecule has 2 aliphatic rings. The maximum Gasteiger partial charge on any atom is 0.342 e. The number of carbonyl (C=O) groups is 1. The molecule has 2 aromatic carbocycles. The van der Waals surface area contributed by atoms with Crippen LogP contribution in [0.4, 0.5) is 0 Å². The molecule has 3 aromatic rings. The highest BCUT2D eigenvalue weighted by molar-refractivity contribution is 6.09. The van der Waals surface area contributed by atoms with Crippen LogP contribution < -0.4 is 0 Å². The predicted molar refractivity (Wildman–Crippen MR) is 156 cm³/mol. The van der Waals surface area contributed by atoms with Crippen LogP contribution >= 0.6 is 0 Å². The summed E-state index contributed by atoms with van der Waals surface area (Å²) in [7, 11) is 0. The Bertz CT molecular complexity index is 1570. The van der Waals surface area contributed by atoms with Gasteiger partial charge in [0.15, 0.2) is 0 Å². The van der Waals surface area contributed by atoms with E-state index < -0.39 is 0 Å². The molecule has 0 saturated heterocycles. The van der Waals surface area contributed by atoms with E-state index in [1.54, 1.807) is 0 Å². The summed E-state index contributed by atoms with van der Waals surface area (Å²) in [6, 6.07) is 27.0. The molecular formula is C35H34O3. The van der Waals surface area contributed by atoms with Gasteiger partial charge in [-0.25, -0.2) is 4.79 Å². The van der Waals surface area contributed by atoms with Crippen LogP contribution in [0.15, 0.2) is 83.3 Å². The number of carbonyl (C=O) groups excluding carboxylic acids is 1. The van der Waals surface area contributed by atoms with E-state index in [9.17, 15) is 4.79 Å². The van der Waals surface area contributed by atoms with Crippen molar-refractivity contribution in [2.75, 3.05) is 6.61 Å². The Morgan fingerprint density at radius 3 is 2.11 bits per heavy atom. The van der Waals surface area contributed by atoms with E-state index in [2.05, 4.69) is 83.1 Å². The van der Waals surface area contributed by atoms with Crippen molar-refractivity contribution in [3.63, 3.8) is 0 Å². The molecule has 5 rings (SSSR count). The number of fused-ring (bicyclic) bond motifs is 1. The van der Waals surface area contributed by atoms with E-state index in [4.69, 9.17) is 9.15 Å². The number of esters is 1. The van der Waals surface area contributed by atoms with E-state index in [-0.39, 0.29) is 12.6 Å². The maximum atomic E-state index is 13.7. The van der Waals surface area contributed by atoms with Crippen molar-refractivity contribution in [2.24, 2.45) is 0 Å². The lowest BCUT2D eigenvalue weighted by atomic mass is 9.92. The molecule has 0 fully saturated rings. The van der Waals surface area contributed by atoms with Gasteiger partial charge in [0.05, 0.1) is 6.61 Å². The first-order valence-electron chi connectivity index (χ1n) is 13.3. The van der Waals surface area contributed by atoms with Gasteiger partial charge in [-0.1, -0.05) is 98.3 Å². The highest BCUT2D eigenvalue weighted by atomic mass is 16.5. The molecule has 0 unspecified atom stereocenters. The van der Waals surface area contributed by atoms with E-state index in [0.29, 0.717) is 23.0 Å². The average Bonchev–Trinajstić information content (AvgIpc) is 3.39. The van der Waals surface area contributed by atoms with Crippen LogP contribution in [0.5, 0.6) is 0 Å². The van der Waals surface area contributed by atoms with Crippen LogP contribution in [0.2, 0.25) is 0 Å². The lowest BCUT2D eigenvalue weighted by molar-refractivity contribution is 0.0527. The summed E-state index contributed by atoms with van der Waals surface area (Å²) in [5.41, 5.74) is 11.1. The molecule has 0 aliphatic heterocycles. The van der Waals surface area contributed by atoms with Crippen molar-refractivity contribution in [2.45, 2.75) is 47.5 Å². The predicted octanol–water partition coefficient (Wildman–Crippen LogP) is 9.61. The topological polar surface area (TPSA) is 39.4 Å². The molecule has 0 radical (unpaired) electrons. The van der Waals surface area contributed by atoms with Crippen LogP contribution in [0.25, 0.3) is 44.9 Å². The molecular weight excluding hydrogens is 468 g/mol. The number of ether oxygens (including phenoxy) is 1. The largest absolute Gasteiger partial charge is 0.462 e. The number of rotatable bonds is 6. The second kappa shape index (κ2) is 10.3. The first-order chi connectivity index (χ1) is 18.3. The summed E-state index contributed by atoms with van der Waals surface area (Å²) in [5, 5.41) is 0. The Balaban J connectivity index is 1.90. The zero-order chi connectivity index (χ0) is 27.0. The Kier molecular flexibility index (Phi) is 6.94. The van der Waals surface area contributed by atoms with Crippen LogP contribution in [-0.2, 0) is 4.74 Å². The first-order valence-corrected chi connectivity index (χ1v) is 13.3. The van der Waals surface area contributed by atoms with E-state index >= 15 is 0 Å². The maximum absolute atomic E-state index is 13.7. The van der Waals surface area contributed by atoms with Crippen LogP contribution in [0, 0.1) is 20.8 Å². The molecule has 0 bridgehead atoms. The highest BCUT2D eigenvalue weighted by Crippen LogP contribution is 2.49. The molecule has 0 spiro atoms. The fourth-order valence-corrected chi connectivity index (χ4v) is 5.18. The number of hydrogen-bond acceptors (Lipinski definition) is 3. The molecule has 1 heterocycles. The normalized spacial score (nSPS) is 11.3. The van der Waals surface area contributed by atoms with Gasteiger partial charge in [0, 0.05) is 16.7 Å². The third kappa shape index (κ3) is 4.54. The Morgan fingerprint density at radius 2 is 1.45 bits per heavy atom. The molecule has 0 N–H and O–H groups in total. The van der Waals surface area contributed by atoms with Gasteiger partial charge in [-0.3, -0.25) is 0 Å². The lowest BCUT2D eigenvalue weighted by Gasteiger charge is -2.10. The second-order valence-electron chi connectivity index (χ2n) is 10.3. The van der Waals surface area contributed by atoms with Crippen molar-refractivity contribution in [1.82, 2.24) is 0 Å². The number of benzene rings is 2. The molecule has 3 nitrogen and oxygen atoms in total. The smallest absolute Gasteiger partial charge is 0.342 e. The summed E-state index contributed by atoms with van der Waals surface area (Å²) in [4.78, 5) is 13.7. The molecule has 2 aliphatic carbocycles. The molecule has 0 saturated carbocycles. The van der Waals surface area contributed by atoms with Gasteiger partial charge in [-0.05, 0) is 67.0 Å². The molecule has 192 valence electrons. The number of aryl methyl sites for hydroxylation is 3. The summed E-state index contributed by atoms with van der Waals surface area (Å²) in [6.45, 7) is 12.9. The van der Waals surface area contributed by atoms with Crippen molar-refractivity contribution < 1.29 is 13.9 Å². The van der Waals surface area contributed by atoms with E-state index in [0.717, 1.165) is 38.9 Å². The Labute approximate surface area is 225 Å². The molecule has 38 heavy (non-hydrogen) atoms. The number of hydrogen-bond donors (Lipinski definition) is 0. The highest BCUT2D eigenvalue weighted by Gasteiger charge is 2.32. The third-order valence-corrected chi connectivity index (χ3v) is 7.23. The van der Waals surface area contributed by atoms with Crippen LogP contribution in [-0.4, -0.2) is 12.6 Å². The first kappa shape index (κ1) is 25.5. The number of furan rings is 1. The molecule has 0 amide bonds. The third-order valence-electron chi connectivity index (χ3n) is 7.23. The quantitative estimate of drug-likeness (QED) is 0.217. The molecule has 3 heteroatoms. The minimum absolute atomic E-state index is 0.282. The fourth-order valence-electron chi connectivity index (χ4n) is 5.18. The van der Waals surface area contributed by atoms with E-state index in [1.165, 1.54) is 16.7 Å². The van der Waals surface area contributed by atoms with Gasteiger partial charge in [0.2, 0.25) is 0 Å². The fraction of sp³-hybridized carbons (Fsp3) is 0.229. The minimum atomic E-state index is -0.378. The summed E-state index contributed by atoms with van der Waals surface area (Å²) in [5.74, 6) is 1.23. The van der Waals surface area contributed by atoms with Gasteiger partial charge in [-0.15, -0.1) is 0 Å². The van der Waals surface area contributed by atoms with Crippen molar-refractivity contribution in [3.05, 3.63) is 107 Å². The molecule has 1 aromatic heterocycles. The summed E-state index contributed by atoms with van der Waals surface area (Å²) >= 11 is 0. The van der Waals surface area contributed by atoms with Gasteiger partial charge in [0.1, 0.15) is 17.1 Å². The van der Waals surface area contributed by atoms with Crippen LogP contribution in [0.3, 0.4) is 0 Å². The van der Waals surface area contributed by atoms with Crippen LogP contribution in [0.1, 0.15) is 59.3 Å². The van der Waals surface area contributed by atoms with Gasteiger partial charge < -0.3 is 9.15 Å². The van der Waals surface area contributed by atoms with Crippen molar-refractivity contribution in [1.29, 1.82) is 0 Å². The van der Waals surface area contributed by atoms with Gasteiger partial charge in [-0.2, -0.15) is 0 Å². The van der Waals surface area contributed by atoms with Gasteiger partial charge >= 0.3 is 5.97 Å².